The standard InChI is InChI=1S/C15H15ClN2O3S/c1-10(17)15(19)18-12-4-8-14(9-5-12)22(20,21)13-6-2-11(16)3-7-13/h2-10H,17H2,1H3,(H,18,19). The molecule has 1 amide bonds. The molecule has 116 valence electrons. The summed E-state index contributed by atoms with van der Waals surface area (Å²) in [4.78, 5) is 11.8. The van der Waals surface area contributed by atoms with Crippen LogP contribution in [0, 0.1) is 0 Å². The van der Waals surface area contributed by atoms with E-state index in [1.165, 1.54) is 48.5 Å². The van der Waals surface area contributed by atoms with E-state index in [0.717, 1.165) is 0 Å². The Balaban J connectivity index is 2.26. The van der Waals surface area contributed by atoms with Crippen molar-refractivity contribution in [3.05, 3.63) is 53.6 Å². The molecule has 0 heterocycles. The minimum absolute atomic E-state index is 0.133. The summed E-state index contributed by atoms with van der Waals surface area (Å²) in [5.74, 6) is -0.340. The van der Waals surface area contributed by atoms with Gasteiger partial charge < -0.3 is 11.1 Å². The first-order valence-electron chi connectivity index (χ1n) is 6.48. The van der Waals surface area contributed by atoms with Crippen LogP contribution in [0.5, 0.6) is 0 Å². The van der Waals surface area contributed by atoms with Gasteiger partial charge in [0.25, 0.3) is 0 Å². The number of halogens is 1. The monoisotopic (exact) mass is 338 g/mol. The number of amides is 1. The highest BCUT2D eigenvalue weighted by Crippen LogP contribution is 2.23. The second-order valence-corrected chi connectivity index (χ2v) is 7.15. The zero-order valence-electron chi connectivity index (χ0n) is 11.8. The Labute approximate surface area is 134 Å². The predicted octanol–water partition coefficient (Wildman–Crippen LogP) is 2.46. The van der Waals surface area contributed by atoms with Crippen molar-refractivity contribution in [3.8, 4) is 0 Å². The zero-order chi connectivity index (χ0) is 16.3. The van der Waals surface area contributed by atoms with Crippen LogP contribution in [-0.4, -0.2) is 20.4 Å². The van der Waals surface area contributed by atoms with Crippen molar-refractivity contribution in [1.29, 1.82) is 0 Å². The first-order chi connectivity index (χ1) is 10.3. The molecule has 0 fully saturated rings. The van der Waals surface area contributed by atoms with E-state index in [0.29, 0.717) is 10.7 Å². The van der Waals surface area contributed by atoms with Gasteiger partial charge in [-0.1, -0.05) is 11.6 Å². The maximum Gasteiger partial charge on any atom is 0.240 e. The summed E-state index contributed by atoms with van der Waals surface area (Å²) >= 11 is 5.76. The van der Waals surface area contributed by atoms with Gasteiger partial charge in [0.2, 0.25) is 15.7 Å². The normalized spacial score (nSPS) is 12.7. The lowest BCUT2D eigenvalue weighted by Crippen LogP contribution is -2.32. The van der Waals surface area contributed by atoms with Crippen molar-refractivity contribution in [3.63, 3.8) is 0 Å². The summed E-state index contributed by atoms with van der Waals surface area (Å²) in [6, 6.07) is 11.2. The van der Waals surface area contributed by atoms with Crippen molar-refractivity contribution in [2.45, 2.75) is 22.8 Å². The first kappa shape index (κ1) is 16.5. The highest BCUT2D eigenvalue weighted by Gasteiger charge is 2.17. The van der Waals surface area contributed by atoms with Crippen molar-refractivity contribution >= 4 is 33.0 Å². The number of nitrogens with one attached hydrogen (secondary N) is 1. The fourth-order valence-electron chi connectivity index (χ4n) is 1.72. The summed E-state index contributed by atoms with van der Waals surface area (Å²) in [6.07, 6.45) is 0. The van der Waals surface area contributed by atoms with E-state index >= 15 is 0 Å². The molecule has 0 aromatic heterocycles. The topological polar surface area (TPSA) is 89.3 Å². The number of nitrogens with two attached hydrogens (primary N) is 1. The number of hydrogen-bond donors (Lipinski definition) is 2. The van der Waals surface area contributed by atoms with Gasteiger partial charge in [0.15, 0.2) is 0 Å². The molecule has 0 saturated carbocycles. The first-order valence-corrected chi connectivity index (χ1v) is 8.34. The lowest BCUT2D eigenvalue weighted by molar-refractivity contribution is -0.117. The Kier molecular flexibility index (Phi) is 4.85. The summed E-state index contributed by atoms with van der Waals surface area (Å²) in [6.45, 7) is 1.56. The van der Waals surface area contributed by atoms with Crippen LogP contribution in [0.4, 0.5) is 5.69 Å². The molecule has 1 unspecified atom stereocenters. The van der Waals surface area contributed by atoms with E-state index in [4.69, 9.17) is 17.3 Å². The Morgan fingerprint density at radius 3 is 1.95 bits per heavy atom. The van der Waals surface area contributed by atoms with Gasteiger partial charge >= 0.3 is 0 Å². The Bertz CT molecular complexity index is 769. The third-order valence-electron chi connectivity index (χ3n) is 2.97. The van der Waals surface area contributed by atoms with Gasteiger partial charge in [-0.3, -0.25) is 4.79 Å². The summed E-state index contributed by atoms with van der Waals surface area (Å²) in [7, 11) is -3.61. The van der Waals surface area contributed by atoms with E-state index in [9.17, 15) is 13.2 Å². The third kappa shape index (κ3) is 3.65. The highest BCUT2D eigenvalue weighted by atomic mass is 35.5. The van der Waals surface area contributed by atoms with E-state index < -0.39 is 15.9 Å². The molecule has 7 heteroatoms. The van der Waals surface area contributed by atoms with Crippen molar-refractivity contribution < 1.29 is 13.2 Å². The Hall–Kier alpha value is -1.89. The van der Waals surface area contributed by atoms with Crippen molar-refractivity contribution in [1.82, 2.24) is 0 Å². The minimum atomic E-state index is -3.61. The van der Waals surface area contributed by atoms with Crippen LogP contribution in [-0.2, 0) is 14.6 Å². The Morgan fingerprint density at radius 2 is 1.50 bits per heavy atom. The maximum absolute atomic E-state index is 12.4. The van der Waals surface area contributed by atoms with Gasteiger partial charge in [0.05, 0.1) is 15.8 Å². The van der Waals surface area contributed by atoms with Crippen LogP contribution in [0.25, 0.3) is 0 Å². The Morgan fingerprint density at radius 1 is 1.05 bits per heavy atom. The molecule has 22 heavy (non-hydrogen) atoms. The fourth-order valence-corrected chi connectivity index (χ4v) is 3.11. The number of carbonyl (C=O) groups excluding carboxylic acids is 1. The van der Waals surface area contributed by atoms with Gasteiger partial charge in [-0.05, 0) is 55.5 Å². The molecule has 3 N–H and O–H groups in total. The lowest BCUT2D eigenvalue weighted by atomic mass is 10.3. The molecule has 0 aliphatic rings. The average Bonchev–Trinajstić information content (AvgIpc) is 2.48. The molecule has 5 nitrogen and oxygen atoms in total. The molecule has 1 atom stereocenters. The zero-order valence-corrected chi connectivity index (χ0v) is 13.4. The quantitative estimate of drug-likeness (QED) is 0.896. The SMILES string of the molecule is CC(N)C(=O)Nc1ccc(S(=O)(=O)c2ccc(Cl)cc2)cc1. The number of sulfone groups is 1. The summed E-state index contributed by atoms with van der Waals surface area (Å²) < 4.78 is 24.9. The highest BCUT2D eigenvalue weighted by molar-refractivity contribution is 7.91. The number of hydrogen-bond acceptors (Lipinski definition) is 4. The van der Waals surface area contributed by atoms with Crippen LogP contribution >= 0.6 is 11.6 Å². The predicted molar refractivity (Wildman–Crippen MR) is 85.6 cm³/mol. The molecule has 2 aromatic rings. The van der Waals surface area contributed by atoms with Gasteiger partial charge in [0.1, 0.15) is 0 Å². The van der Waals surface area contributed by atoms with E-state index in [-0.39, 0.29) is 15.7 Å². The maximum atomic E-state index is 12.4. The van der Waals surface area contributed by atoms with Gasteiger partial charge in [-0.15, -0.1) is 0 Å². The second kappa shape index (κ2) is 6.48. The summed E-state index contributed by atoms with van der Waals surface area (Å²) in [5, 5.41) is 3.06. The molecule has 0 saturated heterocycles. The smallest absolute Gasteiger partial charge is 0.240 e. The molecule has 0 spiro atoms. The molecule has 0 radical (unpaired) electrons. The number of carbonyl (C=O) groups is 1. The number of anilines is 1. The average molecular weight is 339 g/mol. The molecule has 0 bridgehead atoms. The van der Waals surface area contributed by atoms with Gasteiger partial charge in [0, 0.05) is 10.7 Å². The molecular formula is C15H15ClN2O3S. The summed E-state index contributed by atoms with van der Waals surface area (Å²) in [5.41, 5.74) is 5.94. The van der Waals surface area contributed by atoms with E-state index in [1.807, 2.05) is 0 Å². The van der Waals surface area contributed by atoms with Crippen LogP contribution in [0.15, 0.2) is 58.3 Å². The van der Waals surface area contributed by atoms with E-state index in [2.05, 4.69) is 5.32 Å². The van der Waals surface area contributed by atoms with Crippen molar-refractivity contribution in [2.24, 2.45) is 5.73 Å². The third-order valence-corrected chi connectivity index (χ3v) is 5.01. The number of rotatable bonds is 4. The van der Waals surface area contributed by atoms with Crippen molar-refractivity contribution in [2.75, 3.05) is 5.32 Å². The van der Waals surface area contributed by atoms with Gasteiger partial charge in [-0.2, -0.15) is 0 Å². The van der Waals surface area contributed by atoms with Crippen LogP contribution in [0.2, 0.25) is 5.02 Å². The molecular weight excluding hydrogens is 324 g/mol. The van der Waals surface area contributed by atoms with Gasteiger partial charge in [-0.25, -0.2) is 8.42 Å². The minimum Gasteiger partial charge on any atom is -0.325 e. The molecule has 2 aromatic carbocycles. The molecule has 0 aliphatic carbocycles. The van der Waals surface area contributed by atoms with Crippen LogP contribution in [0.1, 0.15) is 6.92 Å². The fraction of sp³-hybridized carbons (Fsp3) is 0.133. The number of benzene rings is 2. The van der Waals surface area contributed by atoms with E-state index in [1.54, 1.807) is 6.92 Å². The molecule has 0 aliphatic heterocycles. The van der Waals surface area contributed by atoms with Crippen LogP contribution in [0.3, 0.4) is 0 Å². The lowest BCUT2D eigenvalue weighted by Gasteiger charge is -2.09. The molecule has 2 rings (SSSR count). The van der Waals surface area contributed by atoms with Crippen LogP contribution < -0.4 is 11.1 Å². The second-order valence-electron chi connectivity index (χ2n) is 4.76. The largest absolute Gasteiger partial charge is 0.325 e.